The van der Waals surface area contributed by atoms with Gasteiger partial charge < -0.3 is 15.3 Å². The van der Waals surface area contributed by atoms with Crippen LogP contribution in [0.3, 0.4) is 0 Å². The first kappa shape index (κ1) is 13.1. The average molecular weight is 269 g/mol. The maximum Gasteiger partial charge on any atom is 0.404 e. The van der Waals surface area contributed by atoms with Crippen LogP contribution in [0.5, 0.6) is 0 Å². The molecule has 1 saturated heterocycles. The molecule has 102 valence electrons. The van der Waals surface area contributed by atoms with Crippen LogP contribution >= 0.6 is 0 Å². The lowest BCUT2D eigenvalue weighted by Crippen LogP contribution is -2.36. The Labute approximate surface area is 107 Å². The van der Waals surface area contributed by atoms with E-state index >= 15 is 0 Å². The lowest BCUT2D eigenvalue weighted by Gasteiger charge is -2.19. The van der Waals surface area contributed by atoms with Gasteiger partial charge in [-0.1, -0.05) is 0 Å². The molecule has 0 aromatic heterocycles. The SMILES string of the molecule is O=C(O)N[C@@H]1CCN(c2ccc([N+](=O)[O-])cc2F)C1. The van der Waals surface area contributed by atoms with Gasteiger partial charge in [-0.3, -0.25) is 10.1 Å². The van der Waals surface area contributed by atoms with Crippen molar-refractivity contribution in [3.63, 3.8) is 0 Å². The Morgan fingerprint density at radius 2 is 2.32 bits per heavy atom. The maximum atomic E-state index is 13.8. The molecule has 0 bridgehead atoms. The van der Waals surface area contributed by atoms with Crippen LogP contribution in [0.25, 0.3) is 0 Å². The number of carboxylic acid groups (broad SMARTS) is 1. The van der Waals surface area contributed by atoms with Gasteiger partial charge in [-0.05, 0) is 12.5 Å². The maximum absolute atomic E-state index is 13.8. The minimum Gasteiger partial charge on any atom is -0.465 e. The van der Waals surface area contributed by atoms with Crippen molar-refractivity contribution in [3.8, 4) is 0 Å². The number of non-ortho nitro benzene ring substituents is 1. The van der Waals surface area contributed by atoms with Gasteiger partial charge in [0.25, 0.3) is 5.69 Å². The summed E-state index contributed by atoms with van der Waals surface area (Å²) >= 11 is 0. The van der Waals surface area contributed by atoms with E-state index in [1.54, 1.807) is 4.90 Å². The molecule has 0 saturated carbocycles. The molecule has 0 radical (unpaired) electrons. The van der Waals surface area contributed by atoms with Crippen molar-refractivity contribution in [1.29, 1.82) is 0 Å². The zero-order valence-electron chi connectivity index (χ0n) is 9.88. The predicted octanol–water partition coefficient (Wildman–Crippen LogP) is 1.58. The molecule has 2 N–H and O–H groups in total. The number of hydrogen-bond donors (Lipinski definition) is 2. The van der Waals surface area contributed by atoms with Gasteiger partial charge in [0.15, 0.2) is 5.82 Å². The van der Waals surface area contributed by atoms with Gasteiger partial charge in [0, 0.05) is 19.2 Å². The van der Waals surface area contributed by atoms with Crippen molar-refractivity contribution in [1.82, 2.24) is 5.32 Å². The van der Waals surface area contributed by atoms with E-state index in [0.29, 0.717) is 19.5 Å². The van der Waals surface area contributed by atoms with E-state index < -0.39 is 16.8 Å². The van der Waals surface area contributed by atoms with Gasteiger partial charge in [-0.25, -0.2) is 9.18 Å². The number of rotatable bonds is 3. The third kappa shape index (κ3) is 2.90. The van der Waals surface area contributed by atoms with Crippen molar-refractivity contribution in [2.24, 2.45) is 0 Å². The summed E-state index contributed by atoms with van der Waals surface area (Å²) in [6, 6.07) is 3.19. The van der Waals surface area contributed by atoms with E-state index in [0.717, 1.165) is 6.07 Å². The molecule has 1 aliphatic heterocycles. The molecule has 19 heavy (non-hydrogen) atoms. The van der Waals surface area contributed by atoms with E-state index in [2.05, 4.69) is 5.32 Å². The number of nitrogens with one attached hydrogen (secondary N) is 1. The first-order chi connectivity index (χ1) is 8.97. The zero-order valence-corrected chi connectivity index (χ0v) is 9.88. The van der Waals surface area contributed by atoms with Crippen molar-refractivity contribution in [2.75, 3.05) is 18.0 Å². The Morgan fingerprint density at radius 1 is 1.58 bits per heavy atom. The van der Waals surface area contributed by atoms with E-state index in [9.17, 15) is 19.3 Å². The highest BCUT2D eigenvalue weighted by atomic mass is 19.1. The summed E-state index contributed by atoms with van der Waals surface area (Å²) in [6.45, 7) is 0.848. The van der Waals surface area contributed by atoms with Crippen molar-refractivity contribution >= 4 is 17.5 Å². The number of carbonyl (C=O) groups is 1. The Balaban J connectivity index is 2.11. The first-order valence-electron chi connectivity index (χ1n) is 5.65. The first-order valence-corrected chi connectivity index (χ1v) is 5.65. The fraction of sp³-hybridized carbons (Fsp3) is 0.364. The summed E-state index contributed by atoms with van der Waals surface area (Å²) in [5.74, 6) is -0.676. The van der Waals surface area contributed by atoms with Crippen LogP contribution in [0.15, 0.2) is 18.2 Å². The second-order valence-electron chi connectivity index (χ2n) is 4.27. The fourth-order valence-electron chi connectivity index (χ4n) is 2.14. The van der Waals surface area contributed by atoms with Crippen LogP contribution in [0, 0.1) is 15.9 Å². The largest absolute Gasteiger partial charge is 0.465 e. The smallest absolute Gasteiger partial charge is 0.404 e. The fourth-order valence-corrected chi connectivity index (χ4v) is 2.14. The van der Waals surface area contributed by atoms with Crippen LogP contribution in [-0.4, -0.2) is 35.3 Å². The van der Waals surface area contributed by atoms with Crippen molar-refractivity contribution in [2.45, 2.75) is 12.5 Å². The Kier molecular flexibility index (Phi) is 3.50. The summed E-state index contributed by atoms with van der Waals surface area (Å²) < 4.78 is 13.8. The Hall–Kier alpha value is -2.38. The summed E-state index contributed by atoms with van der Waals surface area (Å²) in [6.07, 6.45) is -0.543. The van der Waals surface area contributed by atoms with Crippen molar-refractivity contribution < 1.29 is 19.2 Å². The topological polar surface area (TPSA) is 95.7 Å². The number of benzene rings is 1. The second-order valence-corrected chi connectivity index (χ2v) is 4.27. The average Bonchev–Trinajstić information content (AvgIpc) is 2.76. The molecule has 1 aromatic carbocycles. The highest BCUT2D eigenvalue weighted by Crippen LogP contribution is 2.26. The van der Waals surface area contributed by atoms with E-state index in [1.807, 2.05) is 0 Å². The number of hydrogen-bond acceptors (Lipinski definition) is 4. The molecule has 1 amide bonds. The van der Waals surface area contributed by atoms with Crippen LogP contribution < -0.4 is 10.2 Å². The molecule has 0 spiro atoms. The van der Waals surface area contributed by atoms with Crippen LogP contribution in [0.2, 0.25) is 0 Å². The molecule has 1 aliphatic rings. The molecule has 1 atom stereocenters. The van der Waals surface area contributed by atoms with Crippen LogP contribution in [0.1, 0.15) is 6.42 Å². The zero-order chi connectivity index (χ0) is 14.0. The van der Waals surface area contributed by atoms with E-state index in [-0.39, 0.29) is 17.4 Å². The minimum absolute atomic E-state index is 0.250. The normalized spacial score (nSPS) is 18.4. The molecule has 0 unspecified atom stereocenters. The minimum atomic E-state index is -1.11. The number of nitro groups is 1. The highest BCUT2D eigenvalue weighted by Gasteiger charge is 2.26. The van der Waals surface area contributed by atoms with Gasteiger partial charge in [0.05, 0.1) is 22.7 Å². The van der Waals surface area contributed by atoms with Gasteiger partial charge in [0.2, 0.25) is 0 Å². The quantitative estimate of drug-likeness (QED) is 0.641. The second kappa shape index (κ2) is 5.09. The number of nitrogens with zero attached hydrogens (tertiary/aromatic N) is 2. The summed E-state index contributed by atoms with van der Waals surface area (Å²) in [5.41, 5.74) is -0.0547. The van der Waals surface area contributed by atoms with Gasteiger partial charge >= 0.3 is 6.09 Å². The third-order valence-corrected chi connectivity index (χ3v) is 3.00. The van der Waals surface area contributed by atoms with Crippen LogP contribution in [-0.2, 0) is 0 Å². The van der Waals surface area contributed by atoms with E-state index in [1.165, 1.54) is 12.1 Å². The number of nitro benzene ring substituents is 1. The van der Waals surface area contributed by atoms with Gasteiger partial charge in [-0.2, -0.15) is 0 Å². The molecule has 1 fully saturated rings. The molecular weight excluding hydrogens is 257 g/mol. The third-order valence-electron chi connectivity index (χ3n) is 3.00. The molecule has 1 heterocycles. The molecule has 0 aliphatic carbocycles. The highest BCUT2D eigenvalue weighted by molar-refractivity contribution is 5.65. The lowest BCUT2D eigenvalue weighted by molar-refractivity contribution is -0.385. The monoisotopic (exact) mass is 269 g/mol. The summed E-state index contributed by atoms with van der Waals surface area (Å²) in [5, 5.41) is 21.4. The van der Waals surface area contributed by atoms with Gasteiger partial charge in [0.1, 0.15) is 0 Å². The molecule has 8 heteroatoms. The van der Waals surface area contributed by atoms with E-state index in [4.69, 9.17) is 5.11 Å². The Bertz CT molecular complexity index is 523. The molecule has 1 aromatic rings. The van der Waals surface area contributed by atoms with Gasteiger partial charge in [-0.15, -0.1) is 0 Å². The number of amides is 1. The summed E-state index contributed by atoms with van der Waals surface area (Å²) in [7, 11) is 0. The lowest BCUT2D eigenvalue weighted by atomic mass is 10.2. The molecular formula is C11H12FN3O4. The van der Waals surface area contributed by atoms with Crippen LogP contribution in [0.4, 0.5) is 20.6 Å². The molecule has 7 nitrogen and oxygen atoms in total. The predicted molar refractivity (Wildman–Crippen MR) is 64.8 cm³/mol. The summed E-state index contributed by atoms with van der Waals surface area (Å²) in [4.78, 5) is 22.0. The number of halogens is 1. The van der Waals surface area contributed by atoms with Crippen molar-refractivity contribution in [3.05, 3.63) is 34.1 Å². The Morgan fingerprint density at radius 3 is 2.89 bits per heavy atom. The standard InChI is InChI=1S/C11H12FN3O4/c12-9-5-8(15(18)19)1-2-10(9)14-4-3-7(6-14)13-11(16)17/h1-2,5,7,13H,3-4,6H2,(H,16,17)/t7-/m1/s1. The number of anilines is 1. The molecule has 2 rings (SSSR count).